The lowest BCUT2D eigenvalue weighted by Crippen LogP contribution is -2.44. The van der Waals surface area contributed by atoms with Crippen molar-refractivity contribution in [3.63, 3.8) is 0 Å². The molecular weight excluding hydrogens is 342 g/mol. The molecule has 0 aliphatic carbocycles. The maximum absolute atomic E-state index is 12.4. The Hall–Kier alpha value is -1.44. The zero-order valence-corrected chi connectivity index (χ0v) is 15.3. The molecule has 1 aliphatic rings. The van der Waals surface area contributed by atoms with Crippen molar-refractivity contribution in [1.29, 1.82) is 0 Å². The number of likely N-dealkylation sites (tertiary alicyclic amines) is 1. The molecule has 0 N–H and O–H groups in total. The summed E-state index contributed by atoms with van der Waals surface area (Å²) in [7, 11) is 0. The number of aryl methyl sites for hydroxylation is 1. The van der Waals surface area contributed by atoms with Gasteiger partial charge < -0.3 is 9.64 Å². The van der Waals surface area contributed by atoms with Crippen LogP contribution in [0.3, 0.4) is 0 Å². The molecule has 1 atom stereocenters. The third-order valence-corrected chi connectivity index (χ3v) is 5.98. The van der Waals surface area contributed by atoms with E-state index < -0.39 is 0 Å². The Bertz CT molecular complexity index is 663. The quantitative estimate of drug-likeness (QED) is 0.738. The molecule has 0 aromatic carbocycles. The zero-order valence-electron chi connectivity index (χ0n) is 13.7. The summed E-state index contributed by atoms with van der Waals surface area (Å²) < 4.78 is 6.92. The van der Waals surface area contributed by atoms with Gasteiger partial charge in [-0.2, -0.15) is 0 Å². The SMILES string of the molecule is Cc1csc(SCC(=O)N2CCCC(OCc3cccnc3)C2)n1. The van der Waals surface area contributed by atoms with Gasteiger partial charge in [0, 0.05) is 36.6 Å². The number of thioether (sulfide) groups is 1. The van der Waals surface area contributed by atoms with Crippen LogP contribution in [0.5, 0.6) is 0 Å². The normalized spacial score (nSPS) is 17.9. The molecule has 7 heteroatoms. The predicted molar refractivity (Wildman–Crippen MR) is 96.2 cm³/mol. The van der Waals surface area contributed by atoms with Gasteiger partial charge in [-0.1, -0.05) is 17.8 Å². The van der Waals surface area contributed by atoms with Gasteiger partial charge in [-0.25, -0.2) is 4.98 Å². The first-order valence-corrected chi connectivity index (χ1v) is 9.90. The number of hydrogen-bond donors (Lipinski definition) is 0. The van der Waals surface area contributed by atoms with Crippen molar-refractivity contribution < 1.29 is 9.53 Å². The van der Waals surface area contributed by atoms with Gasteiger partial charge in [0.25, 0.3) is 0 Å². The van der Waals surface area contributed by atoms with Crippen LogP contribution >= 0.6 is 23.1 Å². The Balaban J connectivity index is 1.45. The van der Waals surface area contributed by atoms with E-state index in [1.165, 1.54) is 11.8 Å². The van der Waals surface area contributed by atoms with Crippen LogP contribution in [0.4, 0.5) is 0 Å². The molecule has 5 nitrogen and oxygen atoms in total. The molecule has 2 aromatic heterocycles. The van der Waals surface area contributed by atoms with Crippen molar-refractivity contribution in [3.8, 4) is 0 Å². The van der Waals surface area contributed by atoms with Gasteiger partial charge in [0.2, 0.25) is 5.91 Å². The maximum atomic E-state index is 12.4. The average Bonchev–Trinajstić information content (AvgIpc) is 3.04. The van der Waals surface area contributed by atoms with Crippen molar-refractivity contribution >= 4 is 29.0 Å². The number of hydrogen-bond acceptors (Lipinski definition) is 6. The topological polar surface area (TPSA) is 55.3 Å². The number of carbonyl (C=O) groups is 1. The molecule has 0 radical (unpaired) electrons. The molecule has 2 aromatic rings. The van der Waals surface area contributed by atoms with Gasteiger partial charge in [-0.05, 0) is 31.4 Å². The highest BCUT2D eigenvalue weighted by atomic mass is 32.2. The third kappa shape index (κ3) is 5.03. The number of ether oxygens (including phenoxy) is 1. The van der Waals surface area contributed by atoms with Gasteiger partial charge in [0.1, 0.15) is 0 Å². The largest absolute Gasteiger partial charge is 0.372 e. The summed E-state index contributed by atoms with van der Waals surface area (Å²) in [4.78, 5) is 22.8. The smallest absolute Gasteiger partial charge is 0.233 e. The lowest BCUT2D eigenvalue weighted by Gasteiger charge is -2.32. The van der Waals surface area contributed by atoms with Crippen molar-refractivity contribution in [3.05, 3.63) is 41.2 Å². The number of carbonyl (C=O) groups excluding carboxylic acids is 1. The fraction of sp³-hybridized carbons (Fsp3) is 0.471. The van der Waals surface area contributed by atoms with E-state index >= 15 is 0 Å². The Morgan fingerprint density at radius 2 is 2.46 bits per heavy atom. The summed E-state index contributed by atoms with van der Waals surface area (Å²) in [6.07, 6.45) is 5.67. The highest BCUT2D eigenvalue weighted by Crippen LogP contribution is 2.23. The van der Waals surface area contributed by atoms with E-state index in [1.807, 2.05) is 35.5 Å². The number of amides is 1. The molecule has 1 fully saturated rings. The van der Waals surface area contributed by atoms with Crippen molar-refractivity contribution in [1.82, 2.24) is 14.9 Å². The van der Waals surface area contributed by atoms with E-state index in [0.29, 0.717) is 18.9 Å². The molecule has 0 saturated carbocycles. The minimum atomic E-state index is 0.106. The summed E-state index contributed by atoms with van der Waals surface area (Å²) in [5.74, 6) is 0.616. The molecule has 3 heterocycles. The zero-order chi connectivity index (χ0) is 16.8. The van der Waals surface area contributed by atoms with E-state index in [-0.39, 0.29) is 12.0 Å². The third-order valence-electron chi connectivity index (χ3n) is 3.86. The van der Waals surface area contributed by atoms with Crippen LogP contribution in [0.25, 0.3) is 0 Å². The molecule has 1 amide bonds. The number of piperidine rings is 1. The molecule has 24 heavy (non-hydrogen) atoms. The lowest BCUT2D eigenvalue weighted by molar-refractivity contribution is -0.132. The summed E-state index contributed by atoms with van der Waals surface area (Å²) in [6, 6.07) is 3.92. The summed E-state index contributed by atoms with van der Waals surface area (Å²) in [5, 5.41) is 2.01. The standard InChI is InChI=1S/C17H21N3O2S2/c1-13-11-23-17(19-13)24-12-16(21)20-7-3-5-15(9-20)22-10-14-4-2-6-18-8-14/h2,4,6,8,11,15H,3,5,7,9-10,12H2,1H3. The Labute approximate surface area is 150 Å². The van der Waals surface area contributed by atoms with Gasteiger partial charge >= 0.3 is 0 Å². The first-order valence-electron chi connectivity index (χ1n) is 8.04. The molecular formula is C17H21N3O2S2. The molecule has 1 saturated heterocycles. The van der Waals surface area contributed by atoms with Gasteiger partial charge in [-0.15, -0.1) is 11.3 Å². The number of pyridine rings is 1. The fourth-order valence-electron chi connectivity index (χ4n) is 2.61. The van der Waals surface area contributed by atoms with Crippen molar-refractivity contribution in [2.45, 2.75) is 36.8 Å². The first-order chi connectivity index (χ1) is 11.7. The predicted octanol–water partition coefficient (Wildman–Crippen LogP) is 3.15. The summed E-state index contributed by atoms with van der Waals surface area (Å²) in [5.41, 5.74) is 2.08. The fourth-order valence-corrected chi connectivity index (χ4v) is 4.36. The number of nitrogens with zero attached hydrogens (tertiary/aromatic N) is 3. The first kappa shape index (κ1) is 17.4. The van der Waals surface area contributed by atoms with E-state index in [0.717, 1.165) is 35.0 Å². The highest BCUT2D eigenvalue weighted by molar-refractivity contribution is 8.01. The van der Waals surface area contributed by atoms with E-state index in [2.05, 4.69) is 9.97 Å². The Kier molecular flexibility index (Phi) is 6.23. The maximum Gasteiger partial charge on any atom is 0.233 e. The molecule has 1 aliphatic heterocycles. The van der Waals surface area contributed by atoms with Crippen LogP contribution in [0.1, 0.15) is 24.1 Å². The van der Waals surface area contributed by atoms with Crippen LogP contribution in [0, 0.1) is 6.92 Å². The second kappa shape index (κ2) is 8.60. The van der Waals surface area contributed by atoms with Crippen LogP contribution in [-0.2, 0) is 16.1 Å². The molecule has 0 bridgehead atoms. The van der Waals surface area contributed by atoms with Crippen LogP contribution in [0.15, 0.2) is 34.2 Å². The molecule has 128 valence electrons. The molecule has 0 spiro atoms. The van der Waals surface area contributed by atoms with Crippen LogP contribution in [-0.4, -0.2) is 45.7 Å². The van der Waals surface area contributed by atoms with Crippen LogP contribution < -0.4 is 0 Å². The minimum absolute atomic E-state index is 0.106. The minimum Gasteiger partial charge on any atom is -0.372 e. The van der Waals surface area contributed by atoms with Gasteiger partial charge in [0.05, 0.1) is 18.5 Å². The summed E-state index contributed by atoms with van der Waals surface area (Å²) in [6.45, 7) is 4.02. The van der Waals surface area contributed by atoms with Crippen LogP contribution in [0.2, 0.25) is 0 Å². The highest BCUT2D eigenvalue weighted by Gasteiger charge is 2.24. The number of aromatic nitrogens is 2. The second-order valence-electron chi connectivity index (χ2n) is 5.82. The molecule has 3 rings (SSSR count). The Morgan fingerprint density at radius 3 is 3.21 bits per heavy atom. The average molecular weight is 364 g/mol. The second-order valence-corrected chi connectivity index (χ2v) is 7.90. The van der Waals surface area contributed by atoms with Gasteiger partial charge in [0.15, 0.2) is 4.34 Å². The van der Waals surface area contributed by atoms with Gasteiger partial charge in [-0.3, -0.25) is 9.78 Å². The van der Waals surface area contributed by atoms with Crippen molar-refractivity contribution in [2.75, 3.05) is 18.8 Å². The van der Waals surface area contributed by atoms with Crippen molar-refractivity contribution in [2.24, 2.45) is 0 Å². The summed E-state index contributed by atoms with van der Waals surface area (Å²) >= 11 is 3.12. The number of rotatable bonds is 6. The van der Waals surface area contributed by atoms with E-state index in [4.69, 9.17) is 4.74 Å². The van der Waals surface area contributed by atoms with E-state index in [9.17, 15) is 4.79 Å². The lowest BCUT2D eigenvalue weighted by atomic mass is 10.1. The van der Waals surface area contributed by atoms with E-state index in [1.54, 1.807) is 17.5 Å². The monoisotopic (exact) mass is 363 g/mol. The number of thiazole rings is 1. The molecule has 1 unspecified atom stereocenters. The Morgan fingerprint density at radius 1 is 1.54 bits per heavy atom.